The van der Waals surface area contributed by atoms with Crippen molar-refractivity contribution in [3.63, 3.8) is 0 Å². The molecule has 9 nitrogen and oxygen atoms in total. The number of fused-ring (bicyclic) bond motifs is 2. The van der Waals surface area contributed by atoms with E-state index < -0.39 is 15.4 Å². The summed E-state index contributed by atoms with van der Waals surface area (Å²) in [6.45, 7) is 1.86. The maximum absolute atomic E-state index is 13.1. The number of rotatable bonds is 4. The van der Waals surface area contributed by atoms with E-state index >= 15 is 0 Å². The first-order chi connectivity index (χ1) is 15.3. The van der Waals surface area contributed by atoms with Crippen LogP contribution >= 0.6 is 0 Å². The molecule has 32 heavy (non-hydrogen) atoms. The molecule has 0 radical (unpaired) electrons. The quantitative estimate of drug-likeness (QED) is 0.435. The van der Waals surface area contributed by atoms with Crippen LogP contribution in [0.3, 0.4) is 0 Å². The molecule has 0 fully saturated rings. The first-order valence-corrected chi connectivity index (χ1v) is 11.2. The van der Waals surface area contributed by atoms with Crippen LogP contribution < -0.4 is 10.9 Å². The number of aromatic nitrogens is 5. The van der Waals surface area contributed by atoms with E-state index in [1.54, 1.807) is 24.5 Å². The second-order valence-corrected chi connectivity index (χ2v) is 9.34. The molecule has 0 aliphatic carbocycles. The third-order valence-corrected chi connectivity index (χ3v) is 6.96. The molecule has 0 atom stereocenters. The van der Waals surface area contributed by atoms with E-state index in [2.05, 4.69) is 25.3 Å². The SMILES string of the molecule is Cc1ccc(S(=O)(=O)c2cc3cnc(Nc4cnc5[nH]ccc5c4)nc3n(C)c2=O)cc1. The van der Waals surface area contributed by atoms with Crippen molar-refractivity contribution < 1.29 is 8.42 Å². The number of pyridine rings is 2. The van der Waals surface area contributed by atoms with E-state index in [1.165, 1.54) is 36.0 Å². The molecule has 0 aliphatic rings. The molecular weight excluding hydrogens is 428 g/mol. The number of sulfone groups is 1. The van der Waals surface area contributed by atoms with Crippen molar-refractivity contribution in [3.8, 4) is 0 Å². The van der Waals surface area contributed by atoms with Gasteiger partial charge in [0.05, 0.1) is 16.8 Å². The Kier molecular flexibility index (Phi) is 4.52. The predicted molar refractivity (Wildman–Crippen MR) is 121 cm³/mol. The van der Waals surface area contributed by atoms with E-state index in [4.69, 9.17) is 0 Å². The highest BCUT2D eigenvalue weighted by Gasteiger charge is 2.23. The fraction of sp³-hybridized carbons (Fsp3) is 0.0909. The van der Waals surface area contributed by atoms with Gasteiger partial charge >= 0.3 is 0 Å². The number of hydrogen-bond donors (Lipinski definition) is 2. The van der Waals surface area contributed by atoms with Crippen LogP contribution in [0.1, 0.15) is 5.56 Å². The number of nitrogens with zero attached hydrogens (tertiary/aromatic N) is 4. The van der Waals surface area contributed by atoms with Crippen molar-refractivity contribution in [2.45, 2.75) is 16.7 Å². The molecule has 0 spiro atoms. The second kappa shape index (κ2) is 7.27. The molecule has 10 heteroatoms. The Morgan fingerprint density at radius 1 is 1.00 bits per heavy atom. The summed E-state index contributed by atoms with van der Waals surface area (Å²) in [6.07, 6.45) is 4.93. The van der Waals surface area contributed by atoms with Crippen molar-refractivity contribution in [1.29, 1.82) is 0 Å². The van der Waals surface area contributed by atoms with Gasteiger partial charge in [0.2, 0.25) is 15.8 Å². The lowest BCUT2D eigenvalue weighted by atomic mass is 10.2. The van der Waals surface area contributed by atoms with Gasteiger partial charge < -0.3 is 10.3 Å². The van der Waals surface area contributed by atoms with Gasteiger partial charge in [0.15, 0.2) is 0 Å². The first-order valence-electron chi connectivity index (χ1n) is 9.72. The second-order valence-electron chi connectivity index (χ2n) is 7.43. The molecule has 4 heterocycles. The number of H-pyrrole nitrogens is 1. The molecule has 4 aromatic heterocycles. The van der Waals surface area contributed by atoms with Gasteiger partial charge in [-0.05, 0) is 37.3 Å². The maximum atomic E-state index is 13.1. The summed E-state index contributed by atoms with van der Waals surface area (Å²) in [5.74, 6) is 0.262. The molecule has 0 saturated carbocycles. The molecule has 0 amide bonds. The standard InChI is InChI=1S/C22H18N6O3S/c1-13-3-5-17(6-4-13)32(30,31)18-10-15-11-25-22(27-20(15)28(2)21(18)29)26-16-9-14-7-8-23-19(14)24-12-16/h3-12H,1-2H3,(H,23,24)(H,25,26,27). The van der Waals surface area contributed by atoms with Gasteiger partial charge in [-0.25, -0.2) is 18.4 Å². The molecule has 5 rings (SSSR count). The minimum atomic E-state index is -3.99. The predicted octanol–water partition coefficient (Wildman–Crippen LogP) is 3.09. The zero-order chi connectivity index (χ0) is 22.5. The Bertz CT molecular complexity index is 1650. The van der Waals surface area contributed by atoms with E-state index in [9.17, 15) is 13.2 Å². The summed E-state index contributed by atoms with van der Waals surface area (Å²) in [4.78, 5) is 28.7. The van der Waals surface area contributed by atoms with Gasteiger partial charge in [0.25, 0.3) is 5.56 Å². The number of hydrogen-bond acceptors (Lipinski definition) is 7. The van der Waals surface area contributed by atoms with Gasteiger partial charge in [-0.3, -0.25) is 9.36 Å². The van der Waals surface area contributed by atoms with Crippen LogP contribution in [-0.2, 0) is 16.9 Å². The fourth-order valence-corrected chi connectivity index (χ4v) is 4.85. The van der Waals surface area contributed by atoms with Crippen LogP contribution in [0, 0.1) is 6.92 Å². The molecule has 0 aliphatic heterocycles. The Morgan fingerprint density at radius 3 is 2.56 bits per heavy atom. The summed E-state index contributed by atoms with van der Waals surface area (Å²) in [7, 11) is -2.50. The summed E-state index contributed by atoms with van der Waals surface area (Å²) in [6, 6.07) is 11.5. The maximum Gasteiger partial charge on any atom is 0.271 e. The highest BCUT2D eigenvalue weighted by Crippen LogP contribution is 2.23. The topological polar surface area (TPSA) is 123 Å². The molecule has 0 bridgehead atoms. The van der Waals surface area contributed by atoms with Gasteiger partial charge in [0.1, 0.15) is 16.2 Å². The molecule has 0 saturated heterocycles. The third-order valence-electron chi connectivity index (χ3n) is 5.19. The Labute approximate surface area is 182 Å². The van der Waals surface area contributed by atoms with Gasteiger partial charge in [-0.2, -0.15) is 4.98 Å². The summed E-state index contributed by atoms with van der Waals surface area (Å²) >= 11 is 0. The van der Waals surface area contributed by atoms with Crippen LogP contribution in [0.5, 0.6) is 0 Å². The molecule has 2 N–H and O–H groups in total. The van der Waals surface area contributed by atoms with Crippen molar-refractivity contribution >= 4 is 43.5 Å². The van der Waals surface area contributed by atoms with Crippen LogP contribution in [0.25, 0.3) is 22.1 Å². The van der Waals surface area contributed by atoms with E-state index in [0.717, 1.165) is 16.6 Å². The lowest BCUT2D eigenvalue weighted by Gasteiger charge is -2.11. The zero-order valence-corrected chi connectivity index (χ0v) is 18.0. The van der Waals surface area contributed by atoms with Crippen molar-refractivity contribution in [3.05, 3.63) is 77.0 Å². The monoisotopic (exact) mass is 446 g/mol. The van der Waals surface area contributed by atoms with E-state index in [1.807, 2.05) is 19.1 Å². The van der Waals surface area contributed by atoms with Gasteiger partial charge in [-0.15, -0.1) is 0 Å². The summed E-state index contributed by atoms with van der Waals surface area (Å²) < 4.78 is 27.4. The minimum absolute atomic E-state index is 0.0615. The largest absolute Gasteiger partial charge is 0.346 e. The fourth-order valence-electron chi connectivity index (χ4n) is 3.45. The smallest absolute Gasteiger partial charge is 0.271 e. The van der Waals surface area contributed by atoms with Crippen LogP contribution in [-0.4, -0.2) is 32.9 Å². The Hall–Kier alpha value is -4.05. The lowest BCUT2D eigenvalue weighted by molar-refractivity contribution is 0.593. The first kappa shape index (κ1) is 19.9. The normalized spacial score (nSPS) is 11.8. The van der Waals surface area contributed by atoms with Crippen molar-refractivity contribution in [2.24, 2.45) is 7.05 Å². The summed E-state index contributed by atoms with van der Waals surface area (Å²) in [5.41, 5.74) is 2.03. The van der Waals surface area contributed by atoms with Crippen LogP contribution in [0.2, 0.25) is 0 Å². The van der Waals surface area contributed by atoms with Gasteiger partial charge in [0, 0.05) is 30.2 Å². The molecule has 160 valence electrons. The Morgan fingerprint density at radius 2 is 1.78 bits per heavy atom. The van der Waals surface area contributed by atoms with E-state index in [0.29, 0.717) is 16.7 Å². The number of aromatic amines is 1. The van der Waals surface area contributed by atoms with E-state index in [-0.39, 0.29) is 15.7 Å². The number of anilines is 2. The molecule has 5 aromatic rings. The Balaban J connectivity index is 1.57. The van der Waals surface area contributed by atoms with Crippen LogP contribution in [0.15, 0.2) is 75.6 Å². The van der Waals surface area contributed by atoms with Crippen LogP contribution in [0.4, 0.5) is 11.6 Å². The molecule has 1 aromatic carbocycles. The van der Waals surface area contributed by atoms with Gasteiger partial charge in [-0.1, -0.05) is 17.7 Å². The molecule has 0 unspecified atom stereocenters. The summed E-state index contributed by atoms with van der Waals surface area (Å²) in [5, 5.41) is 4.43. The van der Waals surface area contributed by atoms with Crippen molar-refractivity contribution in [2.75, 3.05) is 5.32 Å². The highest BCUT2D eigenvalue weighted by molar-refractivity contribution is 7.91. The number of benzene rings is 1. The minimum Gasteiger partial charge on any atom is -0.346 e. The third kappa shape index (κ3) is 3.30. The van der Waals surface area contributed by atoms with Crippen molar-refractivity contribution in [1.82, 2.24) is 24.5 Å². The zero-order valence-electron chi connectivity index (χ0n) is 17.2. The average molecular weight is 446 g/mol. The molecular formula is C22H18N6O3S. The number of nitrogens with one attached hydrogen (secondary N) is 2. The number of aryl methyl sites for hydroxylation is 2. The average Bonchev–Trinajstić information content (AvgIpc) is 3.24. The lowest BCUT2D eigenvalue weighted by Crippen LogP contribution is -2.25. The highest BCUT2D eigenvalue weighted by atomic mass is 32.2.